The second-order valence-corrected chi connectivity index (χ2v) is 3.85. The van der Waals surface area contributed by atoms with Gasteiger partial charge in [0.1, 0.15) is 11.6 Å². The number of anilines is 1. The Morgan fingerprint density at radius 2 is 2.11 bits per heavy atom. The number of nitrogens with zero attached hydrogens (tertiary/aromatic N) is 1. The van der Waals surface area contributed by atoms with Crippen LogP contribution in [0.25, 0.3) is 0 Å². The average Bonchev–Trinajstić information content (AvgIpc) is 2.34. The van der Waals surface area contributed by atoms with Crippen LogP contribution < -0.4 is 5.32 Å². The van der Waals surface area contributed by atoms with Crippen molar-refractivity contribution in [1.82, 2.24) is 4.98 Å². The first-order valence-electron chi connectivity index (χ1n) is 5.28. The Bertz CT molecular complexity index is 599. The summed E-state index contributed by atoms with van der Waals surface area (Å²) < 4.78 is 13.1. The summed E-state index contributed by atoms with van der Waals surface area (Å²) in [5.41, 5.74) is 1.35. The van der Waals surface area contributed by atoms with Gasteiger partial charge in [0.15, 0.2) is 0 Å². The van der Waals surface area contributed by atoms with Crippen LogP contribution in [0.3, 0.4) is 0 Å². The minimum atomic E-state index is -0.452. The summed E-state index contributed by atoms with van der Waals surface area (Å²) in [5, 5.41) is 11.8. The lowest BCUT2D eigenvalue weighted by molar-refractivity contribution is 0.102. The summed E-state index contributed by atoms with van der Waals surface area (Å²) in [4.78, 5) is 15.5. The predicted octanol–water partition coefficient (Wildman–Crippen LogP) is 2.49. The smallest absolute Gasteiger partial charge is 0.257 e. The number of carbonyl (C=O) groups excluding carboxylic acids is 1. The highest BCUT2D eigenvalue weighted by atomic mass is 19.1. The summed E-state index contributed by atoms with van der Waals surface area (Å²) in [6.07, 6.45) is 2.55. The molecule has 0 saturated heterocycles. The second-order valence-electron chi connectivity index (χ2n) is 3.85. The maximum atomic E-state index is 13.1. The molecule has 1 heterocycles. The molecule has 5 heteroatoms. The number of aryl methyl sites for hydroxylation is 1. The monoisotopic (exact) mass is 246 g/mol. The van der Waals surface area contributed by atoms with Crippen molar-refractivity contribution in [3.63, 3.8) is 0 Å². The topological polar surface area (TPSA) is 62.2 Å². The molecule has 0 bridgehead atoms. The lowest BCUT2D eigenvalue weighted by Crippen LogP contribution is -2.13. The SMILES string of the molecule is Cc1ccc(F)cc1NC(=O)c1cncc(O)c1. The van der Waals surface area contributed by atoms with Crippen molar-refractivity contribution in [2.24, 2.45) is 0 Å². The Hall–Kier alpha value is -2.43. The molecule has 0 radical (unpaired) electrons. The number of hydrogen-bond donors (Lipinski definition) is 2. The van der Waals surface area contributed by atoms with Crippen LogP contribution in [0.15, 0.2) is 36.7 Å². The zero-order valence-electron chi connectivity index (χ0n) is 9.64. The average molecular weight is 246 g/mol. The van der Waals surface area contributed by atoms with E-state index in [1.54, 1.807) is 13.0 Å². The van der Waals surface area contributed by atoms with Crippen molar-refractivity contribution in [2.75, 3.05) is 5.32 Å². The minimum absolute atomic E-state index is 0.0985. The number of benzene rings is 1. The van der Waals surface area contributed by atoms with E-state index in [0.717, 1.165) is 5.56 Å². The Labute approximate surface area is 103 Å². The number of amides is 1. The summed E-state index contributed by atoms with van der Waals surface area (Å²) in [5.74, 6) is -0.976. The van der Waals surface area contributed by atoms with Gasteiger partial charge in [-0.25, -0.2) is 4.39 Å². The van der Waals surface area contributed by atoms with Gasteiger partial charge in [-0.05, 0) is 30.7 Å². The van der Waals surface area contributed by atoms with E-state index in [9.17, 15) is 14.3 Å². The van der Waals surface area contributed by atoms with Crippen molar-refractivity contribution in [1.29, 1.82) is 0 Å². The van der Waals surface area contributed by atoms with E-state index in [2.05, 4.69) is 10.3 Å². The highest BCUT2D eigenvalue weighted by molar-refractivity contribution is 6.04. The number of halogens is 1. The first-order chi connectivity index (χ1) is 8.56. The Kier molecular flexibility index (Phi) is 3.23. The van der Waals surface area contributed by atoms with Crippen LogP contribution in [0, 0.1) is 12.7 Å². The van der Waals surface area contributed by atoms with Gasteiger partial charge in [-0.15, -0.1) is 0 Å². The largest absolute Gasteiger partial charge is 0.506 e. The molecular weight excluding hydrogens is 235 g/mol. The maximum absolute atomic E-state index is 13.1. The van der Waals surface area contributed by atoms with Gasteiger partial charge in [0.25, 0.3) is 5.91 Å². The summed E-state index contributed by atoms with van der Waals surface area (Å²) >= 11 is 0. The number of hydrogen-bond acceptors (Lipinski definition) is 3. The van der Waals surface area contributed by atoms with Crippen molar-refractivity contribution >= 4 is 11.6 Å². The number of pyridine rings is 1. The molecule has 2 rings (SSSR count). The number of carbonyl (C=O) groups is 1. The van der Waals surface area contributed by atoms with Gasteiger partial charge in [0, 0.05) is 11.9 Å². The van der Waals surface area contributed by atoms with E-state index >= 15 is 0 Å². The molecule has 92 valence electrons. The molecule has 0 aliphatic heterocycles. The second kappa shape index (κ2) is 4.83. The molecule has 0 aliphatic rings. The van der Waals surface area contributed by atoms with Crippen molar-refractivity contribution in [2.45, 2.75) is 6.92 Å². The Morgan fingerprint density at radius 1 is 1.33 bits per heavy atom. The third-order valence-electron chi connectivity index (χ3n) is 2.43. The summed E-state index contributed by atoms with van der Waals surface area (Å²) in [6, 6.07) is 5.42. The van der Waals surface area contributed by atoms with Crippen LogP contribution >= 0.6 is 0 Å². The van der Waals surface area contributed by atoms with E-state index in [-0.39, 0.29) is 11.3 Å². The summed E-state index contributed by atoms with van der Waals surface area (Å²) in [7, 11) is 0. The first kappa shape index (κ1) is 12.0. The quantitative estimate of drug-likeness (QED) is 0.855. The highest BCUT2D eigenvalue weighted by Crippen LogP contribution is 2.17. The summed E-state index contributed by atoms with van der Waals surface area (Å²) in [6.45, 7) is 1.76. The minimum Gasteiger partial charge on any atom is -0.506 e. The van der Waals surface area contributed by atoms with E-state index in [0.29, 0.717) is 5.69 Å². The van der Waals surface area contributed by atoms with E-state index < -0.39 is 11.7 Å². The van der Waals surface area contributed by atoms with Crippen LogP contribution in [0.1, 0.15) is 15.9 Å². The van der Waals surface area contributed by atoms with Crippen LogP contribution in [0.4, 0.5) is 10.1 Å². The molecule has 2 aromatic rings. The fourth-order valence-corrected chi connectivity index (χ4v) is 1.48. The predicted molar refractivity (Wildman–Crippen MR) is 65.0 cm³/mol. The van der Waals surface area contributed by atoms with Gasteiger partial charge in [0.2, 0.25) is 0 Å². The van der Waals surface area contributed by atoms with Crippen LogP contribution in [0.2, 0.25) is 0 Å². The molecular formula is C13H11FN2O2. The standard InChI is InChI=1S/C13H11FN2O2/c1-8-2-3-10(14)5-12(8)16-13(18)9-4-11(17)7-15-6-9/h2-7,17H,1H3,(H,16,18). The van der Waals surface area contributed by atoms with Crippen molar-refractivity contribution in [3.05, 3.63) is 53.6 Å². The van der Waals surface area contributed by atoms with E-state index in [4.69, 9.17) is 0 Å². The normalized spacial score (nSPS) is 10.1. The van der Waals surface area contributed by atoms with Gasteiger partial charge in [-0.2, -0.15) is 0 Å². The molecule has 2 N–H and O–H groups in total. The molecule has 1 amide bonds. The van der Waals surface area contributed by atoms with Crippen LogP contribution in [-0.4, -0.2) is 16.0 Å². The molecule has 1 aromatic carbocycles. The van der Waals surface area contributed by atoms with E-state index in [1.165, 1.54) is 30.6 Å². The third-order valence-corrected chi connectivity index (χ3v) is 2.43. The number of aromatic hydroxyl groups is 1. The molecule has 1 aromatic heterocycles. The molecule has 0 spiro atoms. The Morgan fingerprint density at radius 3 is 2.83 bits per heavy atom. The zero-order valence-corrected chi connectivity index (χ0v) is 9.64. The zero-order chi connectivity index (χ0) is 13.1. The van der Waals surface area contributed by atoms with Gasteiger partial charge in [-0.1, -0.05) is 6.07 Å². The number of nitrogens with one attached hydrogen (secondary N) is 1. The molecule has 18 heavy (non-hydrogen) atoms. The van der Waals surface area contributed by atoms with Crippen LogP contribution in [-0.2, 0) is 0 Å². The van der Waals surface area contributed by atoms with Crippen molar-refractivity contribution < 1.29 is 14.3 Å². The van der Waals surface area contributed by atoms with Gasteiger partial charge in [-0.3, -0.25) is 9.78 Å². The fourth-order valence-electron chi connectivity index (χ4n) is 1.48. The fraction of sp³-hybridized carbons (Fsp3) is 0.0769. The van der Waals surface area contributed by atoms with Gasteiger partial charge in [0.05, 0.1) is 11.8 Å². The van der Waals surface area contributed by atoms with Gasteiger partial charge >= 0.3 is 0 Å². The molecule has 0 atom stereocenters. The lowest BCUT2D eigenvalue weighted by Gasteiger charge is -2.08. The van der Waals surface area contributed by atoms with Gasteiger partial charge < -0.3 is 10.4 Å². The third kappa shape index (κ3) is 2.63. The molecule has 0 fully saturated rings. The number of aromatic nitrogens is 1. The van der Waals surface area contributed by atoms with Crippen molar-refractivity contribution in [3.8, 4) is 5.75 Å². The lowest BCUT2D eigenvalue weighted by atomic mass is 10.2. The molecule has 0 saturated carbocycles. The number of rotatable bonds is 2. The molecule has 0 unspecified atom stereocenters. The maximum Gasteiger partial charge on any atom is 0.257 e. The highest BCUT2D eigenvalue weighted by Gasteiger charge is 2.09. The molecule has 0 aliphatic carbocycles. The van der Waals surface area contributed by atoms with E-state index in [1.807, 2.05) is 0 Å². The first-order valence-corrected chi connectivity index (χ1v) is 5.28. The van der Waals surface area contributed by atoms with Crippen LogP contribution in [0.5, 0.6) is 5.75 Å². The Balaban J connectivity index is 2.24. The molecule has 4 nitrogen and oxygen atoms in total.